The van der Waals surface area contributed by atoms with Crippen LogP contribution in [0.1, 0.15) is 37.4 Å². The Morgan fingerprint density at radius 1 is 0.886 bits per heavy atom. The average Bonchev–Trinajstić information content (AvgIpc) is 3.29. The van der Waals surface area contributed by atoms with Crippen LogP contribution in [0.5, 0.6) is 0 Å². The number of carbonyl (C=O) groups is 3. The van der Waals surface area contributed by atoms with Gasteiger partial charge in [-0.3, -0.25) is 18.8 Å². The third-order valence-electron chi connectivity index (χ3n) is 6.13. The fourth-order valence-electron chi connectivity index (χ4n) is 4.53. The highest BCUT2D eigenvalue weighted by atomic mass is 32.2. The lowest BCUT2D eigenvalue weighted by Crippen LogP contribution is -2.24. The van der Waals surface area contributed by atoms with Gasteiger partial charge in [-0.15, -0.1) is 10.2 Å². The molecule has 2 aromatic heterocycles. The molecule has 170 valence electrons. The van der Waals surface area contributed by atoms with Crippen LogP contribution in [0.4, 0.5) is 5.69 Å². The number of benzene rings is 3. The second-order valence-corrected chi connectivity index (χ2v) is 9.23. The van der Waals surface area contributed by atoms with Gasteiger partial charge in [-0.05, 0) is 30.7 Å². The molecule has 7 nitrogen and oxygen atoms in total. The number of amides is 1. The minimum absolute atomic E-state index is 0.0609. The van der Waals surface area contributed by atoms with E-state index in [1.807, 2.05) is 41.7 Å². The summed E-state index contributed by atoms with van der Waals surface area (Å²) in [5.74, 6) is -0.747. The number of ketones is 2. The summed E-state index contributed by atoms with van der Waals surface area (Å²) in [5, 5.41) is 13.1. The number of rotatable bonds is 4. The van der Waals surface area contributed by atoms with Crippen molar-refractivity contribution in [2.24, 2.45) is 0 Å². The summed E-state index contributed by atoms with van der Waals surface area (Å²) in [6.07, 6.45) is 0. The van der Waals surface area contributed by atoms with Gasteiger partial charge >= 0.3 is 0 Å². The van der Waals surface area contributed by atoms with E-state index in [9.17, 15) is 14.4 Å². The maximum Gasteiger partial charge on any atom is 0.234 e. The molecule has 5 aromatic rings. The van der Waals surface area contributed by atoms with Crippen LogP contribution in [0.3, 0.4) is 0 Å². The minimum Gasteiger partial charge on any atom is -0.325 e. The highest BCUT2D eigenvalue weighted by molar-refractivity contribution is 7.99. The molecule has 0 bridgehead atoms. The summed E-state index contributed by atoms with van der Waals surface area (Å²) < 4.78 is 1.93. The Bertz CT molecular complexity index is 1710. The lowest BCUT2D eigenvalue weighted by molar-refractivity contribution is -0.113. The number of fused-ring (bicyclic) bond motifs is 5. The van der Waals surface area contributed by atoms with Crippen LogP contribution in [0.15, 0.2) is 78.0 Å². The van der Waals surface area contributed by atoms with E-state index in [0.29, 0.717) is 33.2 Å². The molecule has 0 aliphatic heterocycles. The van der Waals surface area contributed by atoms with Crippen LogP contribution in [-0.2, 0) is 4.79 Å². The maximum atomic E-state index is 13.2. The summed E-state index contributed by atoms with van der Waals surface area (Å²) in [7, 11) is 0. The molecule has 0 unspecified atom stereocenters. The smallest absolute Gasteiger partial charge is 0.234 e. The first-order valence-corrected chi connectivity index (χ1v) is 12.0. The van der Waals surface area contributed by atoms with E-state index < -0.39 is 0 Å². The van der Waals surface area contributed by atoms with E-state index in [1.54, 1.807) is 42.5 Å². The Labute approximate surface area is 204 Å². The maximum absolute atomic E-state index is 13.2. The van der Waals surface area contributed by atoms with E-state index in [-0.39, 0.29) is 28.8 Å². The summed E-state index contributed by atoms with van der Waals surface area (Å²) in [6, 6.07) is 21.6. The first kappa shape index (κ1) is 21.2. The van der Waals surface area contributed by atoms with E-state index >= 15 is 0 Å². The van der Waals surface area contributed by atoms with Gasteiger partial charge in [0.2, 0.25) is 5.91 Å². The second kappa shape index (κ2) is 8.18. The molecule has 3 aromatic carbocycles. The largest absolute Gasteiger partial charge is 0.325 e. The third-order valence-corrected chi connectivity index (χ3v) is 7.06. The molecule has 0 atom stereocenters. The quantitative estimate of drug-likeness (QED) is 0.369. The lowest BCUT2D eigenvalue weighted by Gasteiger charge is -2.20. The van der Waals surface area contributed by atoms with Crippen molar-refractivity contribution < 1.29 is 14.4 Å². The van der Waals surface area contributed by atoms with Crippen molar-refractivity contribution in [1.82, 2.24) is 14.6 Å². The number of nitrogens with zero attached hydrogens (tertiary/aromatic N) is 3. The molecule has 1 aliphatic rings. The molecule has 1 aliphatic carbocycles. The topological polar surface area (TPSA) is 93.4 Å². The van der Waals surface area contributed by atoms with Crippen LogP contribution >= 0.6 is 11.8 Å². The number of hydrogen-bond acceptors (Lipinski definition) is 6. The van der Waals surface area contributed by atoms with Crippen LogP contribution in [0, 0.1) is 6.92 Å². The number of nitrogens with one attached hydrogen (secondary N) is 1. The fraction of sp³-hybridized carbons (Fsp3) is 0.0741. The molecular weight excluding hydrogens is 460 g/mol. The normalized spacial score (nSPS) is 12.6. The Morgan fingerprint density at radius 3 is 2.43 bits per heavy atom. The van der Waals surface area contributed by atoms with Gasteiger partial charge in [-0.2, -0.15) is 0 Å². The molecule has 6 rings (SSSR count). The Balaban J connectivity index is 1.27. The van der Waals surface area contributed by atoms with Crippen molar-refractivity contribution in [3.8, 4) is 0 Å². The Hall–Kier alpha value is -4.30. The van der Waals surface area contributed by atoms with Crippen LogP contribution in [0.2, 0.25) is 0 Å². The Kier molecular flexibility index (Phi) is 4.96. The van der Waals surface area contributed by atoms with Gasteiger partial charge in [-0.25, -0.2) is 0 Å². The van der Waals surface area contributed by atoms with Gasteiger partial charge < -0.3 is 5.32 Å². The van der Waals surface area contributed by atoms with E-state index in [1.165, 1.54) is 11.8 Å². The summed E-state index contributed by atoms with van der Waals surface area (Å²) in [6.45, 7) is 2.03. The van der Waals surface area contributed by atoms with Crippen LogP contribution in [0.25, 0.3) is 16.6 Å². The van der Waals surface area contributed by atoms with Crippen molar-refractivity contribution in [2.45, 2.75) is 12.1 Å². The first-order valence-electron chi connectivity index (χ1n) is 11.0. The van der Waals surface area contributed by atoms with Crippen molar-refractivity contribution in [3.63, 3.8) is 0 Å². The summed E-state index contributed by atoms with van der Waals surface area (Å²) in [4.78, 5) is 39.0. The number of thioether (sulfide) groups is 1. The molecule has 2 heterocycles. The monoisotopic (exact) mass is 478 g/mol. The van der Waals surface area contributed by atoms with Crippen molar-refractivity contribution in [2.75, 3.05) is 11.1 Å². The van der Waals surface area contributed by atoms with E-state index in [2.05, 4.69) is 15.5 Å². The number of anilines is 1. The highest BCUT2D eigenvalue weighted by Crippen LogP contribution is 2.32. The van der Waals surface area contributed by atoms with Gasteiger partial charge in [0, 0.05) is 22.1 Å². The van der Waals surface area contributed by atoms with E-state index in [4.69, 9.17) is 0 Å². The zero-order valence-electron chi connectivity index (χ0n) is 18.6. The molecule has 0 fully saturated rings. The average molecular weight is 479 g/mol. The molecule has 1 amide bonds. The Morgan fingerprint density at radius 2 is 1.60 bits per heavy atom. The number of pyridine rings is 1. The van der Waals surface area contributed by atoms with Gasteiger partial charge in [0.1, 0.15) is 0 Å². The van der Waals surface area contributed by atoms with Gasteiger partial charge in [0.25, 0.3) is 0 Å². The van der Waals surface area contributed by atoms with Gasteiger partial charge in [0.15, 0.2) is 22.4 Å². The number of hydrogen-bond donors (Lipinski definition) is 1. The minimum atomic E-state index is -0.310. The zero-order chi connectivity index (χ0) is 24.1. The van der Waals surface area contributed by atoms with E-state index in [0.717, 1.165) is 16.5 Å². The predicted octanol–water partition coefficient (Wildman–Crippen LogP) is 4.70. The van der Waals surface area contributed by atoms with Gasteiger partial charge in [-0.1, -0.05) is 66.4 Å². The van der Waals surface area contributed by atoms with Crippen molar-refractivity contribution in [3.05, 3.63) is 101 Å². The van der Waals surface area contributed by atoms with Gasteiger partial charge in [0.05, 0.1) is 22.5 Å². The van der Waals surface area contributed by atoms with Crippen molar-refractivity contribution in [1.29, 1.82) is 0 Å². The number of aryl methyl sites for hydroxylation is 1. The number of para-hydroxylation sites is 1. The summed E-state index contributed by atoms with van der Waals surface area (Å²) >= 11 is 1.26. The summed E-state index contributed by atoms with van der Waals surface area (Å²) in [5.41, 5.74) is 4.36. The molecule has 35 heavy (non-hydrogen) atoms. The lowest BCUT2D eigenvalue weighted by atomic mass is 9.83. The first-order chi connectivity index (χ1) is 17.0. The molecule has 0 saturated heterocycles. The fourth-order valence-corrected chi connectivity index (χ4v) is 5.29. The third kappa shape index (κ3) is 3.41. The predicted molar refractivity (Wildman–Crippen MR) is 134 cm³/mol. The highest BCUT2D eigenvalue weighted by Gasteiger charge is 2.31. The SMILES string of the molecule is Cc1cc2nnc(SCC(=O)Nc3cccc4c3C(=O)c3ccccc3C4=O)n2c2ccccc12. The van der Waals surface area contributed by atoms with Crippen molar-refractivity contribution >= 4 is 51.5 Å². The second-order valence-electron chi connectivity index (χ2n) is 8.29. The molecule has 0 radical (unpaired) electrons. The zero-order valence-corrected chi connectivity index (χ0v) is 19.4. The molecule has 0 spiro atoms. The standard InChI is InChI=1S/C27H18N4O3S/c1-15-13-22-29-30-27(31(22)21-12-5-4-7-16(15)21)35-14-23(32)28-20-11-6-10-19-24(20)26(34)18-9-3-2-8-17(18)25(19)33/h2-13H,14H2,1H3,(H,28,32). The molecule has 8 heteroatoms. The van der Waals surface area contributed by atoms with Crippen LogP contribution in [-0.4, -0.2) is 37.8 Å². The molecular formula is C27H18N4O3S. The molecule has 0 saturated carbocycles. The molecule has 1 N–H and O–H groups in total. The number of carbonyl (C=O) groups excluding carboxylic acids is 3. The van der Waals surface area contributed by atoms with Crippen LogP contribution < -0.4 is 5.32 Å². The number of aromatic nitrogens is 3.